The van der Waals surface area contributed by atoms with Crippen molar-refractivity contribution in [2.24, 2.45) is 5.92 Å². The molecule has 1 aliphatic rings. The van der Waals surface area contributed by atoms with E-state index in [1.54, 1.807) is 6.20 Å². The van der Waals surface area contributed by atoms with Crippen LogP contribution in [0.5, 0.6) is 0 Å². The first-order valence-corrected chi connectivity index (χ1v) is 5.08. The Morgan fingerprint density at radius 2 is 2.14 bits per heavy atom. The van der Waals surface area contributed by atoms with Crippen molar-refractivity contribution in [2.75, 3.05) is 5.73 Å². The lowest BCUT2D eigenvalue weighted by Crippen LogP contribution is -1.93. The summed E-state index contributed by atoms with van der Waals surface area (Å²) in [4.78, 5) is 4.00. The number of anilines is 1. The zero-order chi connectivity index (χ0) is 9.80. The maximum Gasteiger partial charge on any atom is 0.139 e. The minimum absolute atomic E-state index is 0.540. The number of hydrogen-bond acceptors (Lipinski definition) is 2. The maximum absolute atomic E-state index is 5.69. The van der Waals surface area contributed by atoms with Crippen molar-refractivity contribution < 1.29 is 0 Å². The van der Waals surface area contributed by atoms with Gasteiger partial charge in [0.05, 0.1) is 5.56 Å². The zero-order valence-electron chi connectivity index (χ0n) is 8.16. The smallest absolute Gasteiger partial charge is 0.139 e. The fourth-order valence-electron chi connectivity index (χ4n) is 1.77. The van der Waals surface area contributed by atoms with Gasteiger partial charge in [-0.05, 0) is 25.0 Å². The molecule has 0 amide bonds. The van der Waals surface area contributed by atoms with E-state index in [0.29, 0.717) is 11.7 Å². The molecule has 72 valence electrons. The fourth-order valence-corrected chi connectivity index (χ4v) is 1.77. The molecule has 2 heteroatoms. The Kier molecular flexibility index (Phi) is 2.69. The standard InChI is InChI=1S/C12H14N2/c13-12-11(6-3-9-14-12)8-7-10-4-1-2-5-10/h3,6,9-10H,1-2,4-5H2,(H2,13,14). The highest BCUT2D eigenvalue weighted by atomic mass is 14.8. The van der Waals surface area contributed by atoms with E-state index in [2.05, 4.69) is 16.8 Å². The molecule has 2 nitrogen and oxygen atoms in total. The van der Waals surface area contributed by atoms with E-state index in [4.69, 9.17) is 5.73 Å². The zero-order valence-corrected chi connectivity index (χ0v) is 8.16. The quantitative estimate of drug-likeness (QED) is 0.631. The van der Waals surface area contributed by atoms with Crippen molar-refractivity contribution >= 4 is 5.82 Å². The highest BCUT2D eigenvalue weighted by Crippen LogP contribution is 2.23. The highest BCUT2D eigenvalue weighted by molar-refractivity contribution is 5.50. The SMILES string of the molecule is Nc1ncccc1C#CC1CCCC1. The van der Waals surface area contributed by atoms with Crippen molar-refractivity contribution in [3.05, 3.63) is 23.9 Å². The number of pyridine rings is 1. The van der Waals surface area contributed by atoms with E-state index < -0.39 is 0 Å². The predicted octanol–water partition coefficient (Wildman–Crippen LogP) is 2.21. The number of aromatic nitrogens is 1. The van der Waals surface area contributed by atoms with E-state index in [0.717, 1.165) is 5.56 Å². The monoisotopic (exact) mass is 186 g/mol. The molecule has 2 rings (SSSR count). The molecule has 0 saturated heterocycles. The number of rotatable bonds is 0. The van der Waals surface area contributed by atoms with Crippen LogP contribution in [0, 0.1) is 17.8 Å². The van der Waals surface area contributed by atoms with Gasteiger partial charge >= 0.3 is 0 Å². The van der Waals surface area contributed by atoms with E-state index >= 15 is 0 Å². The molecule has 0 atom stereocenters. The van der Waals surface area contributed by atoms with Crippen molar-refractivity contribution in [2.45, 2.75) is 25.7 Å². The molecule has 0 radical (unpaired) electrons. The van der Waals surface area contributed by atoms with Gasteiger partial charge in [0.1, 0.15) is 5.82 Å². The number of nitrogens with two attached hydrogens (primary N) is 1. The predicted molar refractivity (Wildman–Crippen MR) is 57.5 cm³/mol. The van der Waals surface area contributed by atoms with Gasteiger partial charge < -0.3 is 5.73 Å². The van der Waals surface area contributed by atoms with Crippen LogP contribution in [0.25, 0.3) is 0 Å². The first-order chi connectivity index (χ1) is 6.86. The Hall–Kier alpha value is -1.49. The average molecular weight is 186 g/mol. The molecule has 1 aromatic rings. The molecule has 0 aliphatic heterocycles. The van der Waals surface area contributed by atoms with E-state index in [9.17, 15) is 0 Å². The van der Waals surface area contributed by atoms with Crippen LogP contribution in [0.15, 0.2) is 18.3 Å². The lowest BCUT2D eigenvalue weighted by molar-refractivity contribution is 0.712. The molecule has 1 aromatic heterocycles. The van der Waals surface area contributed by atoms with Crippen LogP contribution in [-0.4, -0.2) is 4.98 Å². The van der Waals surface area contributed by atoms with Gasteiger partial charge in [0.2, 0.25) is 0 Å². The Labute approximate surface area is 84.5 Å². The van der Waals surface area contributed by atoms with Crippen LogP contribution >= 0.6 is 0 Å². The molecule has 1 heterocycles. The lowest BCUT2D eigenvalue weighted by atomic mass is 10.1. The summed E-state index contributed by atoms with van der Waals surface area (Å²) in [5, 5.41) is 0. The first-order valence-electron chi connectivity index (χ1n) is 5.08. The molecule has 0 spiro atoms. The summed E-state index contributed by atoms with van der Waals surface area (Å²) in [6.07, 6.45) is 6.82. The van der Waals surface area contributed by atoms with Crippen molar-refractivity contribution in [3.63, 3.8) is 0 Å². The Morgan fingerprint density at radius 3 is 2.86 bits per heavy atom. The molecule has 14 heavy (non-hydrogen) atoms. The van der Waals surface area contributed by atoms with Gasteiger partial charge in [-0.3, -0.25) is 0 Å². The topological polar surface area (TPSA) is 38.9 Å². The third kappa shape index (κ3) is 2.05. The van der Waals surface area contributed by atoms with Crippen LogP contribution in [0.4, 0.5) is 5.82 Å². The van der Waals surface area contributed by atoms with Gasteiger partial charge in [-0.15, -0.1) is 0 Å². The second kappa shape index (κ2) is 4.15. The van der Waals surface area contributed by atoms with Crippen molar-refractivity contribution in [1.82, 2.24) is 4.98 Å². The second-order valence-electron chi connectivity index (χ2n) is 3.69. The molecule has 0 bridgehead atoms. The minimum atomic E-state index is 0.540. The van der Waals surface area contributed by atoms with Crippen molar-refractivity contribution in [1.29, 1.82) is 0 Å². The van der Waals surface area contributed by atoms with Gasteiger partial charge in [0.15, 0.2) is 0 Å². The van der Waals surface area contributed by atoms with Gasteiger partial charge in [-0.1, -0.05) is 24.7 Å². The molecular formula is C12H14N2. The molecule has 1 aliphatic carbocycles. The number of nitrogens with zero attached hydrogens (tertiary/aromatic N) is 1. The van der Waals surface area contributed by atoms with Crippen LogP contribution < -0.4 is 5.73 Å². The van der Waals surface area contributed by atoms with Gasteiger partial charge in [-0.25, -0.2) is 4.98 Å². The van der Waals surface area contributed by atoms with E-state index in [-0.39, 0.29) is 0 Å². The summed E-state index contributed by atoms with van der Waals surface area (Å²) in [5.74, 6) is 7.50. The molecule has 0 unspecified atom stereocenters. The van der Waals surface area contributed by atoms with Crippen molar-refractivity contribution in [3.8, 4) is 11.8 Å². The van der Waals surface area contributed by atoms with Crippen LogP contribution in [0.1, 0.15) is 31.2 Å². The molecule has 0 aromatic carbocycles. The Balaban J connectivity index is 2.12. The molecular weight excluding hydrogens is 172 g/mol. The molecule has 1 fully saturated rings. The van der Waals surface area contributed by atoms with Crippen LogP contribution in [-0.2, 0) is 0 Å². The van der Waals surface area contributed by atoms with Crippen LogP contribution in [0.2, 0.25) is 0 Å². The van der Waals surface area contributed by atoms with Gasteiger partial charge in [0.25, 0.3) is 0 Å². The van der Waals surface area contributed by atoms with Crippen LogP contribution in [0.3, 0.4) is 0 Å². The minimum Gasteiger partial charge on any atom is -0.383 e. The normalized spacial score (nSPS) is 16.3. The van der Waals surface area contributed by atoms with E-state index in [1.165, 1.54) is 25.7 Å². The van der Waals surface area contributed by atoms with Gasteiger partial charge in [0, 0.05) is 12.1 Å². The first kappa shape index (κ1) is 9.08. The highest BCUT2D eigenvalue weighted by Gasteiger charge is 2.11. The summed E-state index contributed by atoms with van der Waals surface area (Å²) in [5.41, 5.74) is 6.55. The number of hydrogen-bond donors (Lipinski definition) is 1. The summed E-state index contributed by atoms with van der Waals surface area (Å²) in [7, 11) is 0. The summed E-state index contributed by atoms with van der Waals surface area (Å²) in [6.45, 7) is 0. The number of nitrogen functional groups attached to an aromatic ring is 1. The maximum atomic E-state index is 5.69. The second-order valence-corrected chi connectivity index (χ2v) is 3.69. The lowest BCUT2D eigenvalue weighted by Gasteiger charge is -1.97. The molecule has 1 saturated carbocycles. The van der Waals surface area contributed by atoms with Gasteiger partial charge in [-0.2, -0.15) is 0 Å². The Morgan fingerprint density at radius 1 is 1.36 bits per heavy atom. The average Bonchev–Trinajstić information content (AvgIpc) is 2.69. The Bertz CT molecular complexity index is 367. The fraction of sp³-hybridized carbons (Fsp3) is 0.417. The third-order valence-corrected chi connectivity index (χ3v) is 2.60. The molecule has 2 N–H and O–H groups in total. The van der Waals surface area contributed by atoms with E-state index in [1.807, 2.05) is 12.1 Å². The third-order valence-electron chi connectivity index (χ3n) is 2.60. The largest absolute Gasteiger partial charge is 0.383 e. The summed E-state index contributed by atoms with van der Waals surface area (Å²) < 4.78 is 0. The summed E-state index contributed by atoms with van der Waals surface area (Å²) in [6, 6.07) is 3.79. The summed E-state index contributed by atoms with van der Waals surface area (Å²) >= 11 is 0.